The van der Waals surface area contributed by atoms with Crippen molar-refractivity contribution in [2.45, 2.75) is 64.0 Å². The van der Waals surface area contributed by atoms with Crippen LogP contribution in [-0.2, 0) is 25.9 Å². The van der Waals surface area contributed by atoms with Gasteiger partial charge < -0.3 is 19.7 Å². The average molecular weight is 587 g/mol. The molecule has 0 aromatic heterocycles. The van der Waals surface area contributed by atoms with Gasteiger partial charge in [0.15, 0.2) is 9.84 Å². The minimum atomic E-state index is -3.47. The first-order chi connectivity index (χ1) is 19.3. The van der Waals surface area contributed by atoms with E-state index in [1.54, 1.807) is 49.1 Å². The Morgan fingerprint density at radius 2 is 1.80 bits per heavy atom. The van der Waals surface area contributed by atoms with Crippen LogP contribution in [0.3, 0.4) is 0 Å². The van der Waals surface area contributed by atoms with Gasteiger partial charge in [-0.2, -0.15) is 0 Å². The monoisotopic (exact) mass is 586 g/mol. The maximum Gasteiger partial charge on any atom is 0.416 e. The molecule has 1 aliphatic heterocycles. The highest BCUT2D eigenvalue weighted by Gasteiger charge is 2.29. The van der Waals surface area contributed by atoms with Gasteiger partial charge in [0.05, 0.1) is 25.1 Å². The lowest BCUT2D eigenvalue weighted by Crippen LogP contribution is -2.39. The zero-order valence-electron chi connectivity index (χ0n) is 24.9. The minimum absolute atomic E-state index is 0.0202. The second-order valence-electron chi connectivity index (χ2n) is 11.1. The lowest BCUT2D eigenvalue weighted by Gasteiger charge is -2.25. The predicted octanol–water partition coefficient (Wildman–Crippen LogP) is 4.15. The number of rotatable bonds is 12. The van der Waals surface area contributed by atoms with Gasteiger partial charge >= 0.3 is 6.09 Å². The summed E-state index contributed by atoms with van der Waals surface area (Å²) in [5, 5.41) is 2.99. The molecule has 0 unspecified atom stereocenters. The molecular formula is C30H42N4O6S. The second kappa shape index (κ2) is 14.0. The van der Waals surface area contributed by atoms with E-state index < -0.39 is 21.5 Å². The van der Waals surface area contributed by atoms with E-state index in [9.17, 15) is 18.0 Å². The summed E-state index contributed by atoms with van der Waals surface area (Å²) in [7, 11) is -0.156. The fourth-order valence-corrected chi connectivity index (χ4v) is 5.80. The number of amides is 2. The Hall–Kier alpha value is -3.44. The molecular weight excluding hydrogens is 544 g/mol. The smallest absolute Gasteiger partial charge is 0.416 e. The normalized spacial score (nSPS) is 13.6. The number of methoxy groups -OCH3 is 1. The molecule has 0 bridgehead atoms. The lowest BCUT2D eigenvalue weighted by molar-refractivity contribution is -0.130. The van der Waals surface area contributed by atoms with Gasteiger partial charge in [0.1, 0.15) is 23.1 Å². The number of aryl methyl sites for hydroxylation is 1. The standard InChI is InChI=1S/C30H42N4O6S/c1-22-19-25(39-6)14-15-26(22)41(37,38)21-31-16-8-7-9-27(35)33(5)20-23-10-12-24(13-11-23)28-32-17-18-34(28)29(36)40-30(2,3)4/h10-15,19,31H,7-9,16-18,20-21H2,1-6H3. The van der Waals surface area contributed by atoms with Gasteiger partial charge in [0.25, 0.3) is 0 Å². The van der Waals surface area contributed by atoms with Gasteiger partial charge in [-0.1, -0.05) is 24.3 Å². The summed E-state index contributed by atoms with van der Waals surface area (Å²) in [6.45, 7) is 9.21. The first-order valence-electron chi connectivity index (χ1n) is 13.8. The van der Waals surface area contributed by atoms with Gasteiger partial charge in [0, 0.05) is 25.6 Å². The number of aliphatic imine (C=N–C) groups is 1. The van der Waals surface area contributed by atoms with Crippen molar-refractivity contribution in [2.75, 3.05) is 39.7 Å². The quantitative estimate of drug-likeness (QED) is 0.371. The molecule has 0 saturated carbocycles. The molecule has 3 rings (SSSR count). The van der Waals surface area contributed by atoms with Gasteiger partial charge in [-0.3, -0.25) is 14.7 Å². The Morgan fingerprint density at radius 1 is 1.10 bits per heavy atom. The second-order valence-corrected chi connectivity index (χ2v) is 13.1. The van der Waals surface area contributed by atoms with Crippen molar-refractivity contribution in [2.24, 2.45) is 4.99 Å². The number of carbonyl (C=O) groups is 2. The van der Waals surface area contributed by atoms with Gasteiger partial charge in [0.2, 0.25) is 5.91 Å². The third-order valence-electron chi connectivity index (χ3n) is 6.52. The third-order valence-corrected chi connectivity index (χ3v) is 8.23. The van der Waals surface area contributed by atoms with E-state index in [0.29, 0.717) is 62.6 Å². The number of amidine groups is 1. The molecule has 11 heteroatoms. The van der Waals surface area contributed by atoms with Crippen LogP contribution in [0.4, 0.5) is 4.79 Å². The van der Waals surface area contributed by atoms with Crippen LogP contribution in [0.1, 0.15) is 56.7 Å². The first-order valence-corrected chi connectivity index (χ1v) is 15.4. The molecule has 2 aromatic rings. The van der Waals surface area contributed by atoms with E-state index in [0.717, 1.165) is 11.1 Å². The van der Waals surface area contributed by atoms with Crippen LogP contribution in [0, 0.1) is 6.92 Å². The zero-order valence-corrected chi connectivity index (χ0v) is 25.7. The number of hydrogen-bond acceptors (Lipinski definition) is 8. The van der Waals surface area contributed by atoms with Crippen LogP contribution in [0.25, 0.3) is 0 Å². The van der Waals surface area contributed by atoms with Crippen molar-refractivity contribution in [3.63, 3.8) is 0 Å². The van der Waals surface area contributed by atoms with Crippen LogP contribution in [-0.4, -0.2) is 81.3 Å². The van der Waals surface area contributed by atoms with Crippen LogP contribution in [0.5, 0.6) is 5.75 Å². The summed E-state index contributed by atoms with van der Waals surface area (Å²) in [6.07, 6.45) is 1.30. The fraction of sp³-hybridized carbons (Fsp3) is 0.500. The third kappa shape index (κ3) is 9.29. The molecule has 1 aliphatic rings. The molecule has 1 heterocycles. The maximum absolute atomic E-state index is 12.7. The van der Waals surface area contributed by atoms with Crippen molar-refractivity contribution in [1.29, 1.82) is 0 Å². The molecule has 0 fully saturated rings. The molecule has 2 aromatic carbocycles. The van der Waals surface area contributed by atoms with Gasteiger partial charge in [-0.25, -0.2) is 13.2 Å². The van der Waals surface area contributed by atoms with Crippen molar-refractivity contribution in [1.82, 2.24) is 15.1 Å². The average Bonchev–Trinajstić information content (AvgIpc) is 3.40. The summed E-state index contributed by atoms with van der Waals surface area (Å²) in [5.41, 5.74) is 1.85. The summed E-state index contributed by atoms with van der Waals surface area (Å²) < 4.78 is 36.0. The maximum atomic E-state index is 12.7. The summed E-state index contributed by atoms with van der Waals surface area (Å²) in [5.74, 6) is 1.07. The molecule has 0 aliphatic carbocycles. The predicted molar refractivity (Wildman–Crippen MR) is 159 cm³/mol. The SMILES string of the molecule is COc1ccc(S(=O)(=O)CNCCCCC(=O)N(C)Cc2ccc(C3=NCCN3C(=O)OC(C)(C)C)cc2)c(C)c1. The largest absolute Gasteiger partial charge is 0.497 e. The fourth-order valence-electron chi connectivity index (χ4n) is 4.41. The highest BCUT2D eigenvalue weighted by molar-refractivity contribution is 7.91. The number of hydrogen-bond donors (Lipinski definition) is 1. The molecule has 1 N–H and O–H groups in total. The van der Waals surface area contributed by atoms with Crippen molar-refractivity contribution < 1.29 is 27.5 Å². The Morgan fingerprint density at radius 3 is 2.44 bits per heavy atom. The molecule has 0 saturated heterocycles. The number of unbranched alkanes of at least 4 members (excludes halogenated alkanes) is 1. The van der Waals surface area contributed by atoms with E-state index in [-0.39, 0.29) is 16.7 Å². The zero-order chi connectivity index (χ0) is 30.2. The summed E-state index contributed by atoms with van der Waals surface area (Å²) in [4.78, 5) is 33.2. The Kier molecular flexibility index (Phi) is 10.9. The number of carbonyl (C=O) groups excluding carboxylic acids is 2. The van der Waals surface area contributed by atoms with Gasteiger partial charge in [-0.05, 0) is 76.4 Å². The highest BCUT2D eigenvalue weighted by Crippen LogP contribution is 2.22. The van der Waals surface area contributed by atoms with Crippen molar-refractivity contribution in [3.05, 3.63) is 59.2 Å². The first kappa shape index (κ1) is 32.1. The number of nitrogens with zero attached hydrogens (tertiary/aromatic N) is 3. The van der Waals surface area contributed by atoms with E-state index in [2.05, 4.69) is 10.3 Å². The number of ether oxygens (including phenoxy) is 2. The molecule has 0 radical (unpaired) electrons. The topological polar surface area (TPSA) is 118 Å². The van der Waals surface area contributed by atoms with E-state index in [1.807, 2.05) is 45.0 Å². The molecule has 41 heavy (non-hydrogen) atoms. The summed E-state index contributed by atoms with van der Waals surface area (Å²) >= 11 is 0. The van der Waals surface area contributed by atoms with Crippen LogP contribution in [0.2, 0.25) is 0 Å². The van der Waals surface area contributed by atoms with Crippen molar-refractivity contribution in [3.8, 4) is 5.75 Å². The van der Waals surface area contributed by atoms with Crippen LogP contribution >= 0.6 is 0 Å². The van der Waals surface area contributed by atoms with Crippen LogP contribution < -0.4 is 10.1 Å². The van der Waals surface area contributed by atoms with Crippen molar-refractivity contribution >= 4 is 27.7 Å². The number of benzene rings is 2. The number of nitrogens with one attached hydrogen (secondary N) is 1. The Balaban J connectivity index is 1.40. The highest BCUT2D eigenvalue weighted by atomic mass is 32.2. The lowest BCUT2D eigenvalue weighted by atomic mass is 10.1. The Labute approximate surface area is 243 Å². The molecule has 224 valence electrons. The summed E-state index contributed by atoms with van der Waals surface area (Å²) in [6, 6.07) is 12.6. The molecule has 0 atom stereocenters. The van der Waals surface area contributed by atoms with Gasteiger partial charge in [-0.15, -0.1) is 0 Å². The molecule has 10 nitrogen and oxygen atoms in total. The Bertz CT molecular complexity index is 1350. The van der Waals surface area contributed by atoms with E-state index in [4.69, 9.17) is 9.47 Å². The number of sulfone groups is 1. The van der Waals surface area contributed by atoms with E-state index in [1.165, 1.54) is 0 Å². The molecule has 2 amide bonds. The minimum Gasteiger partial charge on any atom is -0.497 e. The molecule has 0 spiro atoms. The van der Waals surface area contributed by atoms with E-state index >= 15 is 0 Å². The van der Waals surface area contributed by atoms with Crippen LogP contribution in [0.15, 0.2) is 52.4 Å².